The number of benzene rings is 3. The van der Waals surface area contributed by atoms with Crippen LogP contribution in [0, 0.1) is 0 Å². The number of halogens is 1. The Morgan fingerprint density at radius 3 is 2.34 bits per heavy atom. The second-order valence-electron chi connectivity index (χ2n) is 7.90. The number of ether oxygens (including phenoxy) is 2. The molecule has 0 saturated heterocycles. The number of rotatable bonds is 7. The molecule has 0 radical (unpaired) electrons. The molecule has 182 valence electrons. The Morgan fingerprint density at radius 1 is 1.00 bits per heavy atom. The second kappa shape index (κ2) is 10.4. The lowest BCUT2D eigenvalue weighted by molar-refractivity contribution is 0.0955. The fourth-order valence-corrected chi connectivity index (χ4v) is 4.57. The van der Waals surface area contributed by atoms with Crippen LogP contribution in [0.4, 0.5) is 5.69 Å². The molecule has 0 saturated carbocycles. The van der Waals surface area contributed by atoms with Crippen molar-refractivity contribution in [1.29, 1.82) is 0 Å². The first kappa shape index (κ1) is 24.6. The summed E-state index contributed by atoms with van der Waals surface area (Å²) in [4.78, 5) is 12.6. The van der Waals surface area contributed by atoms with Gasteiger partial charge >= 0.3 is 0 Å². The van der Waals surface area contributed by atoms with Gasteiger partial charge in [0.15, 0.2) is 11.5 Å². The summed E-state index contributed by atoms with van der Waals surface area (Å²) >= 11 is 6.21. The predicted octanol–water partition coefficient (Wildman–Crippen LogP) is 4.23. The molecular formula is C25H24ClN3O5S. The summed E-state index contributed by atoms with van der Waals surface area (Å²) in [6.07, 6.45) is 1.12. The predicted molar refractivity (Wildman–Crippen MR) is 136 cm³/mol. The highest BCUT2D eigenvalue weighted by Gasteiger charge is 2.20. The summed E-state index contributed by atoms with van der Waals surface area (Å²) in [5.41, 5.74) is 5.33. The van der Waals surface area contributed by atoms with Gasteiger partial charge in [-0.1, -0.05) is 29.8 Å². The van der Waals surface area contributed by atoms with Crippen molar-refractivity contribution in [3.8, 4) is 11.5 Å². The monoisotopic (exact) mass is 513 g/mol. The van der Waals surface area contributed by atoms with Gasteiger partial charge in [-0.2, -0.15) is 5.10 Å². The normalized spacial score (nSPS) is 13.3. The van der Waals surface area contributed by atoms with E-state index in [4.69, 9.17) is 21.1 Å². The molecule has 0 unspecified atom stereocenters. The van der Waals surface area contributed by atoms with Gasteiger partial charge in [0.1, 0.15) is 13.2 Å². The first-order valence-corrected chi connectivity index (χ1v) is 13.0. The molecule has 0 bridgehead atoms. The van der Waals surface area contributed by atoms with Gasteiger partial charge in [-0.25, -0.2) is 13.8 Å². The Morgan fingerprint density at radius 2 is 1.66 bits per heavy atom. The van der Waals surface area contributed by atoms with E-state index >= 15 is 0 Å². The van der Waals surface area contributed by atoms with Crippen LogP contribution in [0.25, 0.3) is 0 Å². The minimum absolute atomic E-state index is 0.0725. The number of nitrogens with zero attached hydrogens (tertiary/aromatic N) is 2. The number of nitrogens with one attached hydrogen (secondary N) is 1. The molecule has 0 fully saturated rings. The van der Waals surface area contributed by atoms with Crippen LogP contribution >= 0.6 is 11.6 Å². The maximum atomic E-state index is 12.6. The molecule has 0 atom stereocenters. The molecule has 1 aliphatic heterocycles. The lowest BCUT2D eigenvalue weighted by Crippen LogP contribution is -2.29. The van der Waals surface area contributed by atoms with Crippen molar-refractivity contribution in [2.24, 2.45) is 5.10 Å². The van der Waals surface area contributed by atoms with Crippen LogP contribution < -0.4 is 19.2 Å². The third-order valence-electron chi connectivity index (χ3n) is 5.37. The van der Waals surface area contributed by atoms with Crippen LogP contribution in [0.3, 0.4) is 0 Å². The minimum atomic E-state index is -3.59. The molecule has 8 nitrogen and oxygen atoms in total. The standard InChI is InChI=1S/C25H24ClN3O5S/c1-17(19-9-12-23-24(15-19)34-14-13-33-23)27-28-25(30)18-7-10-21(11-8-18)29(35(2,31)32)16-20-5-3-4-6-22(20)26/h3-12,15H,13-14,16H2,1-2H3,(H,28,30)/b27-17+. The van der Waals surface area contributed by atoms with Crippen LogP contribution in [-0.2, 0) is 16.6 Å². The molecule has 1 N–H and O–H groups in total. The molecular weight excluding hydrogens is 490 g/mol. The van der Waals surface area contributed by atoms with Crippen LogP contribution in [-0.4, -0.2) is 39.5 Å². The summed E-state index contributed by atoms with van der Waals surface area (Å²) in [5.74, 6) is 0.887. The van der Waals surface area contributed by atoms with Gasteiger partial charge in [-0.05, 0) is 61.0 Å². The highest BCUT2D eigenvalue weighted by Crippen LogP contribution is 2.31. The maximum absolute atomic E-state index is 12.6. The zero-order chi connectivity index (χ0) is 25.0. The molecule has 3 aromatic rings. The van der Waals surface area contributed by atoms with E-state index in [9.17, 15) is 13.2 Å². The second-order valence-corrected chi connectivity index (χ2v) is 10.2. The van der Waals surface area contributed by atoms with E-state index in [0.29, 0.717) is 52.3 Å². The maximum Gasteiger partial charge on any atom is 0.271 e. The molecule has 1 aliphatic rings. The molecule has 1 amide bonds. The zero-order valence-corrected chi connectivity index (χ0v) is 20.8. The number of carbonyl (C=O) groups is 1. The van der Waals surface area contributed by atoms with Crippen molar-refractivity contribution in [3.05, 3.63) is 88.4 Å². The third-order valence-corrected chi connectivity index (χ3v) is 6.88. The summed E-state index contributed by atoms with van der Waals surface area (Å²) in [6.45, 7) is 2.83. The summed E-state index contributed by atoms with van der Waals surface area (Å²) in [7, 11) is -3.59. The molecule has 3 aromatic carbocycles. The first-order valence-electron chi connectivity index (χ1n) is 10.8. The Hall–Kier alpha value is -3.56. The van der Waals surface area contributed by atoms with Gasteiger partial charge in [0.2, 0.25) is 10.0 Å². The Bertz CT molecular complexity index is 1370. The van der Waals surface area contributed by atoms with E-state index in [0.717, 1.165) is 11.8 Å². The molecule has 0 spiro atoms. The van der Waals surface area contributed by atoms with Gasteiger partial charge in [-0.3, -0.25) is 9.10 Å². The average molecular weight is 514 g/mol. The Labute approximate surface area is 209 Å². The Balaban J connectivity index is 1.47. The smallest absolute Gasteiger partial charge is 0.271 e. The SMILES string of the molecule is C/C(=N\NC(=O)c1ccc(N(Cc2ccccc2Cl)S(C)(=O)=O)cc1)c1ccc2c(c1)OCCO2. The molecule has 4 rings (SSSR count). The van der Waals surface area contributed by atoms with Crippen molar-refractivity contribution in [2.75, 3.05) is 23.8 Å². The van der Waals surface area contributed by atoms with Gasteiger partial charge in [-0.15, -0.1) is 0 Å². The highest BCUT2D eigenvalue weighted by atomic mass is 35.5. The van der Waals surface area contributed by atoms with Gasteiger partial charge in [0.05, 0.1) is 24.2 Å². The lowest BCUT2D eigenvalue weighted by Gasteiger charge is -2.23. The topological polar surface area (TPSA) is 97.3 Å². The van der Waals surface area contributed by atoms with E-state index in [1.807, 2.05) is 12.1 Å². The van der Waals surface area contributed by atoms with E-state index in [-0.39, 0.29) is 6.54 Å². The van der Waals surface area contributed by atoms with Gasteiger partial charge in [0.25, 0.3) is 5.91 Å². The van der Waals surface area contributed by atoms with E-state index in [1.54, 1.807) is 61.5 Å². The van der Waals surface area contributed by atoms with Crippen LogP contribution in [0.2, 0.25) is 5.02 Å². The number of amides is 1. The number of hydrogen-bond acceptors (Lipinski definition) is 6. The number of sulfonamides is 1. The van der Waals surface area contributed by atoms with Crippen LogP contribution in [0.1, 0.15) is 28.4 Å². The molecule has 1 heterocycles. The summed E-state index contributed by atoms with van der Waals surface area (Å²) in [5, 5.41) is 4.66. The van der Waals surface area contributed by atoms with Gasteiger partial charge in [0, 0.05) is 16.1 Å². The number of anilines is 1. The number of hydrazone groups is 1. The zero-order valence-electron chi connectivity index (χ0n) is 19.2. The third kappa shape index (κ3) is 5.93. The van der Waals surface area contributed by atoms with Crippen molar-refractivity contribution < 1.29 is 22.7 Å². The number of fused-ring (bicyclic) bond motifs is 1. The van der Waals surface area contributed by atoms with Gasteiger partial charge < -0.3 is 9.47 Å². The first-order chi connectivity index (χ1) is 16.7. The average Bonchev–Trinajstić information content (AvgIpc) is 2.85. The van der Waals surface area contributed by atoms with Crippen LogP contribution in [0.5, 0.6) is 11.5 Å². The molecule has 10 heteroatoms. The molecule has 0 aliphatic carbocycles. The lowest BCUT2D eigenvalue weighted by atomic mass is 10.1. The minimum Gasteiger partial charge on any atom is -0.486 e. The summed E-state index contributed by atoms with van der Waals surface area (Å²) in [6, 6.07) is 18.7. The molecule has 0 aromatic heterocycles. The van der Waals surface area contributed by atoms with E-state index in [1.165, 1.54) is 4.31 Å². The number of hydrogen-bond donors (Lipinski definition) is 1. The fourth-order valence-electron chi connectivity index (χ4n) is 3.49. The quantitative estimate of drug-likeness (QED) is 0.376. The molecule has 35 heavy (non-hydrogen) atoms. The van der Waals surface area contributed by atoms with Crippen molar-refractivity contribution >= 4 is 38.9 Å². The summed E-state index contributed by atoms with van der Waals surface area (Å²) < 4.78 is 37.2. The largest absolute Gasteiger partial charge is 0.486 e. The number of carbonyl (C=O) groups excluding carboxylic acids is 1. The van der Waals surface area contributed by atoms with Crippen molar-refractivity contribution in [3.63, 3.8) is 0 Å². The van der Waals surface area contributed by atoms with Crippen LogP contribution in [0.15, 0.2) is 71.8 Å². The Kier molecular flexibility index (Phi) is 7.28. The fraction of sp³-hybridized carbons (Fsp3) is 0.200. The highest BCUT2D eigenvalue weighted by molar-refractivity contribution is 7.92. The van der Waals surface area contributed by atoms with Crippen molar-refractivity contribution in [1.82, 2.24) is 5.43 Å². The van der Waals surface area contributed by atoms with Crippen molar-refractivity contribution in [2.45, 2.75) is 13.5 Å². The van der Waals surface area contributed by atoms with E-state index in [2.05, 4.69) is 10.5 Å². The van der Waals surface area contributed by atoms with E-state index < -0.39 is 15.9 Å².